The van der Waals surface area contributed by atoms with E-state index >= 15 is 0 Å². The Morgan fingerprint density at radius 3 is 2.85 bits per heavy atom. The molecule has 6 nitrogen and oxygen atoms in total. The maximum absolute atomic E-state index is 12.1. The van der Waals surface area contributed by atoms with E-state index in [4.69, 9.17) is 5.73 Å². The minimum absolute atomic E-state index is 0.0949. The van der Waals surface area contributed by atoms with Gasteiger partial charge < -0.3 is 10.7 Å². The normalized spacial score (nSPS) is 23.9. The number of nitrogens with zero attached hydrogens (tertiary/aromatic N) is 2. The fraction of sp³-hybridized carbons (Fsp3) is 0.643. The van der Waals surface area contributed by atoms with E-state index in [1.807, 2.05) is 0 Å². The second-order valence-electron chi connectivity index (χ2n) is 5.45. The third-order valence-electron chi connectivity index (χ3n) is 3.95. The summed E-state index contributed by atoms with van der Waals surface area (Å²) in [5, 5.41) is 0. The molecular weight excluding hydrogens is 256 g/mol. The first-order valence-corrected chi connectivity index (χ1v) is 7.01. The SMILES string of the molecule is N[C@@H](Cc1cnc[nH]1)C(=O)CC1CCC(N=C=O)CC1. The molecule has 0 bridgehead atoms. The molecule has 1 aromatic heterocycles. The van der Waals surface area contributed by atoms with Gasteiger partial charge in [0.05, 0.1) is 18.4 Å². The van der Waals surface area contributed by atoms with E-state index in [-0.39, 0.29) is 11.8 Å². The van der Waals surface area contributed by atoms with Crippen LogP contribution in [0.15, 0.2) is 17.5 Å². The number of nitrogens with one attached hydrogen (secondary N) is 1. The summed E-state index contributed by atoms with van der Waals surface area (Å²) in [7, 11) is 0. The van der Waals surface area contributed by atoms with Gasteiger partial charge in [-0.25, -0.2) is 14.8 Å². The number of hydrogen-bond donors (Lipinski definition) is 2. The van der Waals surface area contributed by atoms with Crippen molar-refractivity contribution in [3.05, 3.63) is 18.2 Å². The molecular formula is C14H20N4O2. The quantitative estimate of drug-likeness (QED) is 0.600. The zero-order chi connectivity index (χ0) is 14.4. The van der Waals surface area contributed by atoms with Crippen LogP contribution in [0.2, 0.25) is 0 Å². The zero-order valence-corrected chi connectivity index (χ0v) is 11.4. The molecule has 2 rings (SSSR count). The Labute approximate surface area is 117 Å². The number of isocyanates is 1. The number of H-pyrrole nitrogens is 1. The number of Topliss-reactive ketones (excluding diaryl/α,β-unsaturated/α-hetero) is 1. The largest absolute Gasteiger partial charge is 0.348 e. The predicted octanol–water partition coefficient (Wildman–Crippen LogP) is 1.13. The summed E-state index contributed by atoms with van der Waals surface area (Å²) in [5.74, 6) is 0.468. The smallest absolute Gasteiger partial charge is 0.235 e. The molecule has 0 spiro atoms. The number of imidazole rings is 1. The summed E-state index contributed by atoms with van der Waals surface area (Å²) in [6.07, 6.45) is 9.50. The molecule has 1 heterocycles. The van der Waals surface area contributed by atoms with Crippen molar-refractivity contribution in [3.8, 4) is 0 Å². The average molecular weight is 276 g/mol. The van der Waals surface area contributed by atoms with Gasteiger partial charge in [0.25, 0.3) is 0 Å². The lowest BCUT2D eigenvalue weighted by Gasteiger charge is -2.25. The third kappa shape index (κ3) is 4.11. The second kappa shape index (κ2) is 7.12. The van der Waals surface area contributed by atoms with Crippen molar-refractivity contribution in [2.45, 2.75) is 50.6 Å². The van der Waals surface area contributed by atoms with Crippen LogP contribution in [0, 0.1) is 5.92 Å². The number of hydrogen-bond acceptors (Lipinski definition) is 5. The van der Waals surface area contributed by atoms with Crippen LogP contribution in [0.4, 0.5) is 0 Å². The number of nitrogens with two attached hydrogens (primary N) is 1. The Hall–Kier alpha value is -1.78. The number of rotatable bonds is 6. The molecule has 0 radical (unpaired) electrons. The van der Waals surface area contributed by atoms with Crippen molar-refractivity contribution >= 4 is 11.9 Å². The van der Waals surface area contributed by atoms with E-state index in [1.165, 1.54) is 0 Å². The van der Waals surface area contributed by atoms with Crippen LogP contribution in [-0.4, -0.2) is 33.9 Å². The van der Waals surface area contributed by atoms with Crippen LogP contribution in [0.25, 0.3) is 0 Å². The Morgan fingerprint density at radius 1 is 1.50 bits per heavy atom. The minimum atomic E-state index is -0.471. The van der Waals surface area contributed by atoms with Gasteiger partial charge in [0.1, 0.15) is 5.78 Å². The molecule has 1 aromatic rings. The average Bonchev–Trinajstić information content (AvgIpc) is 2.94. The van der Waals surface area contributed by atoms with Gasteiger partial charge in [0, 0.05) is 24.7 Å². The molecule has 0 amide bonds. The summed E-state index contributed by atoms with van der Waals surface area (Å²) >= 11 is 0. The number of ketones is 1. The van der Waals surface area contributed by atoms with E-state index in [0.717, 1.165) is 31.4 Å². The van der Waals surface area contributed by atoms with Crippen molar-refractivity contribution < 1.29 is 9.59 Å². The first-order valence-electron chi connectivity index (χ1n) is 7.01. The number of aliphatic imine (C=N–C) groups is 1. The highest BCUT2D eigenvalue weighted by Gasteiger charge is 2.25. The Kier molecular flexibility index (Phi) is 5.21. The molecule has 0 saturated heterocycles. The predicted molar refractivity (Wildman–Crippen MR) is 73.8 cm³/mol. The lowest BCUT2D eigenvalue weighted by molar-refractivity contribution is -0.121. The number of carbonyl (C=O) groups is 1. The van der Waals surface area contributed by atoms with Crippen LogP contribution in [-0.2, 0) is 16.0 Å². The summed E-state index contributed by atoms with van der Waals surface area (Å²) in [4.78, 5) is 32.9. The third-order valence-corrected chi connectivity index (χ3v) is 3.95. The van der Waals surface area contributed by atoms with Gasteiger partial charge in [-0.1, -0.05) is 0 Å². The van der Waals surface area contributed by atoms with Gasteiger partial charge in [0.2, 0.25) is 6.08 Å². The Balaban J connectivity index is 1.76. The molecule has 0 unspecified atom stereocenters. The van der Waals surface area contributed by atoms with Gasteiger partial charge in [-0.05, 0) is 31.6 Å². The summed E-state index contributed by atoms with van der Waals surface area (Å²) in [5.41, 5.74) is 6.82. The molecule has 1 fully saturated rings. The monoisotopic (exact) mass is 276 g/mol. The molecule has 3 N–H and O–H groups in total. The van der Waals surface area contributed by atoms with Gasteiger partial charge in [0.15, 0.2) is 0 Å². The topological polar surface area (TPSA) is 101 Å². The number of aromatic amines is 1. The minimum Gasteiger partial charge on any atom is -0.348 e. The first-order chi connectivity index (χ1) is 9.69. The fourth-order valence-electron chi connectivity index (χ4n) is 2.74. The van der Waals surface area contributed by atoms with Crippen LogP contribution < -0.4 is 5.73 Å². The van der Waals surface area contributed by atoms with Crippen molar-refractivity contribution in [2.75, 3.05) is 0 Å². The fourth-order valence-corrected chi connectivity index (χ4v) is 2.74. The highest BCUT2D eigenvalue weighted by Crippen LogP contribution is 2.28. The van der Waals surface area contributed by atoms with Crippen LogP contribution >= 0.6 is 0 Å². The molecule has 108 valence electrons. The van der Waals surface area contributed by atoms with Gasteiger partial charge in [-0.3, -0.25) is 4.79 Å². The van der Waals surface area contributed by atoms with Gasteiger partial charge >= 0.3 is 0 Å². The lowest BCUT2D eigenvalue weighted by Crippen LogP contribution is -2.34. The number of carbonyl (C=O) groups excluding carboxylic acids is 2. The summed E-state index contributed by atoms with van der Waals surface area (Å²) in [6.45, 7) is 0. The molecule has 20 heavy (non-hydrogen) atoms. The second-order valence-corrected chi connectivity index (χ2v) is 5.45. The molecule has 1 aliphatic carbocycles. The van der Waals surface area contributed by atoms with E-state index in [9.17, 15) is 9.59 Å². The molecule has 0 aliphatic heterocycles. The summed E-state index contributed by atoms with van der Waals surface area (Å²) in [6, 6.07) is -0.376. The van der Waals surface area contributed by atoms with Crippen LogP contribution in [0.5, 0.6) is 0 Å². The van der Waals surface area contributed by atoms with Crippen LogP contribution in [0.1, 0.15) is 37.8 Å². The van der Waals surface area contributed by atoms with Crippen molar-refractivity contribution in [1.29, 1.82) is 0 Å². The molecule has 1 aliphatic rings. The van der Waals surface area contributed by atoms with E-state index in [0.29, 0.717) is 18.8 Å². The highest BCUT2D eigenvalue weighted by atomic mass is 16.1. The van der Waals surface area contributed by atoms with Gasteiger partial charge in [-0.15, -0.1) is 0 Å². The highest BCUT2D eigenvalue weighted by molar-refractivity contribution is 5.84. The standard InChI is InChI=1S/C14H20N4O2/c15-13(6-12-7-16-8-17-12)14(20)5-10-1-3-11(4-2-10)18-9-19/h7-8,10-11,13H,1-6,15H2,(H,16,17)/t10?,11?,13-/m0/s1. The first kappa shape index (κ1) is 14.6. The van der Waals surface area contributed by atoms with E-state index < -0.39 is 6.04 Å². The zero-order valence-electron chi connectivity index (χ0n) is 11.4. The van der Waals surface area contributed by atoms with Crippen LogP contribution in [0.3, 0.4) is 0 Å². The Bertz CT molecular complexity index is 471. The molecule has 0 aromatic carbocycles. The molecule has 6 heteroatoms. The Morgan fingerprint density at radius 2 is 2.25 bits per heavy atom. The summed E-state index contributed by atoms with van der Waals surface area (Å²) < 4.78 is 0. The maximum Gasteiger partial charge on any atom is 0.235 e. The van der Waals surface area contributed by atoms with E-state index in [1.54, 1.807) is 18.6 Å². The lowest BCUT2D eigenvalue weighted by atomic mass is 9.82. The maximum atomic E-state index is 12.1. The number of aromatic nitrogens is 2. The van der Waals surface area contributed by atoms with Crippen molar-refractivity contribution in [1.82, 2.24) is 9.97 Å². The molecule has 1 saturated carbocycles. The van der Waals surface area contributed by atoms with Crippen molar-refractivity contribution in [3.63, 3.8) is 0 Å². The van der Waals surface area contributed by atoms with E-state index in [2.05, 4.69) is 15.0 Å². The molecule has 1 atom stereocenters. The van der Waals surface area contributed by atoms with Gasteiger partial charge in [-0.2, -0.15) is 0 Å². The van der Waals surface area contributed by atoms with Crippen molar-refractivity contribution in [2.24, 2.45) is 16.6 Å².